The molecule has 2 rings (SSSR count). The SMILES string of the molecule is CCNC(=NCCNC(=O)c1cccc(OC)c1)N(C)CCC1CCOCC1. The number of aliphatic imine (C=N–C) groups is 1. The van der Waals surface area contributed by atoms with Gasteiger partial charge in [-0.2, -0.15) is 0 Å². The van der Waals surface area contributed by atoms with Crippen molar-refractivity contribution in [3.63, 3.8) is 0 Å². The van der Waals surface area contributed by atoms with Gasteiger partial charge in [0.2, 0.25) is 0 Å². The molecule has 28 heavy (non-hydrogen) atoms. The van der Waals surface area contributed by atoms with Crippen LogP contribution in [0.4, 0.5) is 0 Å². The molecule has 0 radical (unpaired) electrons. The molecule has 0 bridgehead atoms. The summed E-state index contributed by atoms with van der Waals surface area (Å²) < 4.78 is 10.6. The number of nitrogens with zero attached hydrogens (tertiary/aromatic N) is 2. The number of benzene rings is 1. The molecule has 1 heterocycles. The lowest BCUT2D eigenvalue weighted by Crippen LogP contribution is -2.40. The van der Waals surface area contributed by atoms with Gasteiger partial charge in [0, 0.05) is 45.5 Å². The molecule has 0 spiro atoms. The second kappa shape index (κ2) is 12.2. The zero-order valence-corrected chi connectivity index (χ0v) is 17.4. The summed E-state index contributed by atoms with van der Waals surface area (Å²) in [4.78, 5) is 19.1. The lowest BCUT2D eigenvalue weighted by Gasteiger charge is -2.26. The summed E-state index contributed by atoms with van der Waals surface area (Å²) in [7, 11) is 3.65. The van der Waals surface area contributed by atoms with Crippen LogP contribution in [0.5, 0.6) is 5.75 Å². The number of guanidine groups is 1. The Hall–Kier alpha value is -2.28. The predicted molar refractivity (Wildman–Crippen MR) is 112 cm³/mol. The van der Waals surface area contributed by atoms with Crippen LogP contribution in [0, 0.1) is 5.92 Å². The molecule has 1 aliphatic rings. The van der Waals surface area contributed by atoms with Crippen LogP contribution in [0.25, 0.3) is 0 Å². The van der Waals surface area contributed by atoms with Gasteiger partial charge in [0.05, 0.1) is 13.7 Å². The Balaban J connectivity index is 1.78. The molecule has 0 saturated carbocycles. The number of ether oxygens (including phenoxy) is 2. The minimum Gasteiger partial charge on any atom is -0.497 e. The minimum absolute atomic E-state index is 0.119. The van der Waals surface area contributed by atoms with Crippen LogP contribution < -0.4 is 15.4 Å². The van der Waals surface area contributed by atoms with E-state index in [1.54, 1.807) is 19.2 Å². The van der Waals surface area contributed by atoms with Gasteiger partial charge in [-0.25, -0.2) is 0 Å². The molecule has 0 aromatic heterocycles. The third-order valence-corrected chi connectivity index (χ3v) is 4.90. The Kier molecular flexibility index (Phi) is 9.62. The molecule has 1 fully saturated rings. The lowest BCUT2D eigenvalue weighted by atomic mass is 9.96. The van der Waals surface area contributed by atoms with Crippen molar-refractivity contribution in [2.75, 3.05) is 53.6 Å². The van der Waals surface area contributed by atoms with Crippen LogP contribution in [-0.4, -0.2) is 70.3 Å². The van der Waals surface area contributed by atoms with Crippen LogP contribution in [0.2, 0.25) is 0 Å². The van der Waals surface area contributed by atoms with E-state index in [-0.39, 0.29) is 5.91 Å². The van der Waals surface area contributed by atoms with Gasteiger partial charge >= 0.3 is 0 Å². The predicted octanol–water partition coefficient (Wildman–Crippen LogP) is 2.14. The lowest BCUT2D eigenvalue weighted by molar-refractivity contribution is 0.0625. The number of nitrogens with one attached hydrogen (secondary N) is 2. The normalized spacial score (nSPS) is 15.2. The molecule has 0 atom stereocenters. The summed E-state index contributed by atoms with van der Waals surface area (Å²) in [5.74, 6) is 2.17. The van der Waals surface area contributed by atoms with Crippen molar-refractivity contribution in [1.82, 2.24) is 15.5 Å². The third kappa shape index (κ3) is 7.38. The maximum absolute atomic E-state index is 12.2. The van der Waals surface area contributed by atoms with E-state index in [4.69, 9.17) is 9.47 Å². The van der Waals surface area contributed by atoms with Gasteiger partial charge in [-0.3, -0.25) is 9.79 Å². The molecule has 0 unspecified atom stereocenters. The summed E-state index contributed by atoms with van der Waals surface area (Å²) in [5.41, 5.74) is 0.587. The zero-order valence-electron chi connectivity index (χ0n) is 17.4. The van der Waals surface area contributed by atoms with Gasteiger partial charge in [0.15, 0.2) is 5.96 Å². The van der Waals surface area contributed by atoms with Gasteiger partial charge in [0.25, 0.3) is 5.91 Å². The van der Waals surface area contributed by atoms with Crippen molar-refractivity contribution in [3.05, 3.63) is 29.8 Å². The number of methoxy groups -OCH3 is 1. The molecule has 2 N–H and O–H groups in total. The van der Waals surface area contributed by atoms with Gasteiger partial charge in [-0.05, 0) is 50.3 Å². The highest BCUT2D eigenvalue weighted by Crippen LogP contribution is 2.18. The largest absolute Gasteiger partial charge is 0.497 e. The third-order valence-electron chi connectivity index (χ3n) is 4.90. The number of hydrogen-bond acceptors (Lipinski definition) is 4. The van der Waals surface area contributed by atoms with Crippen LogP contribution in [0.3, 0.4) is 0 Å². The monoisotopic (exact) mass is 390 g/mol. The van der Waals surface area contributed by atoms with E-state index < -0.39 is 0 Å². The van der Waals surface area contributed by atoms with E-state index in [0.717, 1.165) is 57.4 Å². The van der Waals surface area contributed by atoms with E-state index in [2.05, 4.69) is 34.5 Å². The molecular weight excluding hydrogens is 356 g/mol. The van der Waals surface area contributed by atoms with Gasteiger partial charge in [-0.1, -0.05) is 6.07 Å². The van der Waals surface area contributed by atoms with Crippen molar-refractivity contribution in [1.29, 1.82) is 0 Å². The van der Waals surface area contributed by atoms with Crippen LogP contribution in [0.1, 0.15) is 36.5 Å². The summed E-state index contributed by atoms with van der Waals surface area (Å²) in [6.45, 7) is 6.62. The second-order valence-electron chi connectivity index (χ2n) is 6.99. The van der Waals surface area contributed by atoms with Crippen LogP contribution >= 0.6 is 0 Å². The van der Waals surface area contributed by atoms with Crippen LogP contribution in [-0.2, 0) is 4.74 Å². The molecule has 1 aliphatic heterocycles. The molecule has 1 aromatic rings. The number of carbonyl (C=O) groups is 1. The molecule has 0 aliphatic carbocycles. The number of hydrogen-bond donors (Lipinski definition) is 2. The first-order valence-corrected chi connectivity index (χ1v) is 10.1. The summed E-state index contributed by atoms with van der Waals surface area (Å²) in [5, 5.41) is 6.24. The van der Waals surface area contributed by atoms with Crippen molar-refractivity contribution < 1.29 is 14.3 Å². The molecule has 1 aromatic carbocycles. The first-order chi connectivity index (χ1) is 13.6. The quantitative estimate of drug-likeness (QED) is 0.384. The van der Waals surface area contributed by atoms with Crippen molar-refractivity contribution >= 4 is 11.9 Å². The number of amides is 1. The fraction of sp³-hybridized carbons (Fsp3) is 0.619. The Morgan fingerprint density at radius 3 is 2.82 bits per heavy atom. The first-order valence-electron chi connectivity index (χ1n) is 10.1. The molecule has 1 amide bonds. The average Bonchev–Trinajstić information content (AvgIpc) is 2.74. The van der Waals surface area contributed by atoms with Gasteiger partial charge < -0.3 is 25.0 Å². The summed E-state index contributed by atoms with van der Waals surface area (Å²) in [6.07, 6.45) is 3.45. The molecule has 1 saturated heterocycles. The Morgan fingerprint density at radius 1 is 1.32 bits per heavy atom. The summed E-state index contributed by atoms with van der Waals surface area (Å²) >= 11 is 0. The highest BCUT2D eigenvalue weighted by molar-refractivity contribution is 5.94. The molecule has 7 nitrogen and oxygen atoms in total. The van der Waals surface area contributed by atoms with E-state index in [1.165, 1.54) is 0 Å². The van der Waals surface area contributed by atoms with Crippen LogP contribution in [0.15, 0.2) is 29.3 Å². The van der Waals surface area contributed by atoms with E-state index in [0.29, 0.717) is 24.4 Å². The molecular formula is C21H34N4O3. The van der Waals surface area contributed by atoms with E-state index in [1.807, 2.05) is 12.1 Å². The Labute approximate surface area is 168 Å². The fourth-order valence-corrected chi connectivity index (χ4v) is 3.18. The molecule has 7 heteroatoms. The maximum Gasteiger partial charge on any atom is 0.251 e. The minimum atomic E-state index is -0.119. The maximum atomic E-state index is 12.2. The highest BCUT2D eigenvalue weighted by Gasteiger charge is 2.15. The summed E-state index contributed by atoms with van der Waals surface area (Å²) in [6, 6.07) is 7.13. The standard InChI is InChI=1S/C21H34N4O3/c1-4-22-21(25(2)13-8-17-9-14-28-15-10-17)24-12-11-23-20(26)18-6-5-7-19(16-18)27-3/h5-7,16-17H,4,8-15H2,1-3H3,(H,22,24)(H,23,26). The Bertz CT molecular complexity index is 630. The van der Waals surface area contributed by atoms with E-state index >= 15 is 0 Å². The van der Waals surface area contributed by atoms with Gasteiger partial charge in [0.1, 0.15) is 5.75 Å². The van der Waals surface area contributed by atoms with Crippen molar-refractivity contribution in [2.45, 2.75) is 26.2 Å². The topological polar surface area (TPSA) is 75.2 Å². The van der Waals surface area contributed by atoms with Crippen molar-refractivity contribution in [3.8, 4) is 5.75 Å². The van der Waals surface area contributed by atoms with Gasteiger partial charge in [-0.15, -0.1) is 0 Å². The zero-order chi connectivity index (χ0) is 20.2. The average molecular weight is 391 g/mol. The fourth-order valence-electron chi connectivity index (χ4n) is 3.18. The Morgan fingerprint density at radius 2 is 2.11 bits per heavy atom. The second-order valence-corrected chi connectivity index (χ2v) is 6.99. The smallest absolute Gasteiger partial charge is 0.251 e. The molecule has 156 valence electrons. The van der Waals surface area contributed by atoms with Crippen molar-refractivity contribution in [2.24, 2.45) is 10.9 Å². The number of carbonyl (C=O) groups excluding carboxylic acids is 1. The first kappa shape index (κ1) is 22.0. The highest BCUT2D eigenvalue weighted by atomic mass is 16.5. The van der Waals surface area contributed by atoms with E-state index in [9.17, 15) is 4.79 Å². The number of rotatable bonds is 9.